The standard InChI is InChI=1S/C17H23N5O3/c1-10(2)19-15-6-5-13(7-18-15)17(23)22-8-11(3)24-14(9-22)16-20-12(4)21-25-16/h5-7,10-11,14H,8-9H2,1-4H3,(H,18,19)/t11-,14-/m1/s1. The van der Waals surface area contributed by atoms with E-state index < -0.39 is 6.10 Å². The molecule has 0 aliphatic carbocycles. The van der Waals surface area contributed by atoms with Crippen LogP contribution in [0.2, 0.25) is 0 Å². The number of ether oxygens (including phenoxy) is 1. The van der Waals surface area contributed by atoms with E-state index in [0.29, 0.717) is 30.4 Å². The first kappa shape index (κ1) is 17.3. The zero-order valence-corrected chi connectivity index (χ0v) is 14.9. The Hall–Kier alpha value is -2.48. The maximum absolute atomic E-state index is 12.8. The molecule has 2 aromatic heterocycles. The van der Waals surface area contributed by atoms with Crippen molar-refractivity contribution in [3.05, 3.63) is 35.6 Å². The minimum absolute atomic E-state index is 0.0833. The minimum atomic E-state index is -0.413. The number of anilines is 1. The van der Waals surface area contributed by atoms with Crippen LogP contribution in [0.5, 0.6) is 0 Å². The van der Waals surface area contributed by atoms with Crippen molar-refractivity contribution in [2.24, 2.45) is 0 Å². The molecule has 3 heterocycles. The molecule has 1 saturated heterocycles. The number of aromatic nitrogens is 3. The normalized spacial score (nSPS) is 20.8. The molecule has 1 aliphatic rings. The van der Waals surface area contributed by atoms with Gasteiger partial charge >= 0.3 is 0 Å². The van der Waals surface area contributed by atoms with Crippen molar-refractivity contribution in [1.82, 2.24) is 20.0 Å². The van der Waals surface area contributed by atoms with Gasteiger partial charge in [0.2, 0.25) is 0 Å². The number of amides is 1. The van der Waals surface area contributed by atoms with Crippen molar-refractivity contribution < 1.29 is 14.1 Å². The van der Waals surface area contributed by atoms with E-state index >= 15 is 0 Å². The molecular formula is C17H23N5O3. The molecule has 0 spiro atoms. The number of hydrogen-bond acceptors (Lipinski definition) is 7. The Balaban J connectivity index is 1.72. The van der Waals surface area contributed by atoms with Gasteiger partial charge in [-0.15, -0.1) is 0 Å². The number of aryl methyl sites for hydroxylation is 1. The van der Waals surface area contributed by atoms with Crippen LogP contribution < -0.4 is 5.32 Å². The van der Waals surface area contributed by atoms with Gasteiger partial charge in [-0.3, -0.25) is 4.79 Å². The van der Waals surface area contributed by atoms with Crippen molar-refractivity contribution in [2.75, 3.05) is 18.4 Å². The first-order valence-electron chi connectivity index (χ1n) is 8.40. The van der Waals surface area contributed by atoms with Gasteiger partial charge in [-0.2, -0.15) is 4.98 Å². The fourth-order valence-corrected chi connectivity index (χ4v) is 2.78. The summed E-state index contributed by atoms with van der Waals surface area (Å²) in [4.78, 5) is 23.1. The minimum Gasteiger partial charge on any atom is -0.368 e. The average molecular weight is 345 g/mol. The largest absolute Gasteiger partial charge is 0.368 e. The third-order valence-corrected chi connectivity index (χ3v) is 3.81. The van der Waals surface area contributed by atoms with Gasteiger partial charge in [0.1, 0.15) is 5.82 Å². The summed E-state index contributed by atoms with van der Waals surface area (Å²) >= 11 is 0. The monoisotopic (exact) mass is 345 g/mol. The molecule has 0 bridgehead atoms. The molecule has 0 unspecified atom stereocenters. The van der Waals surface area contributed by atoms with Crippen LogP contribution >= 0.6 is 0 Å². The predicted octanol–water partition coefficient (Wildman–Crippen LogP) is 2.20. The molecule has 0 radical (unpaired) electrons. The van der Waals surface area contributed by atoms with Crippen LogP contribution in [0.25, 0.3) is 0 Å². The van der Waals surface area contributed by atoms with Crippen LogP contribution in [0, 0.1) is 6.92 Å². The van der Waals surface area contributed by atoms with E-state index in [1.54, 1.807) is 24.1 Å². The van der Waals surface area contributed by atoms with Crippen molar-refractivity contribution >= 4 is 11.7 Å². The summed E-state index contributed by atoms with van der Waals surface area (Å²) in [5.74, 6) is 1.62. The Morgan fingerprint density at radius 1 is 1.36 bits per heavy atom. The third kappa shape index (κ3) is 4.14. The second-order valence-electron chi connectivity index (χ2n) is 6.56. The van der Waals surface area contributed by atoms with E-state index in [-0.39, 0.29) is 18.1 Å². The highest BCUT2D eigenvalue weighted by molar-refractivity contribution is 5.94. The molecular weight excluding hydrogens is 322 g/mol. The maximum atomic E-state index is 12.8. The smallest absolute Gasteiger partial charge is 0.257 e. The van der Waals surface area contributed by atoms with Gasteiger partial charge in [-0.1, -0.05) is 5.16 Å². The molecule has 8 nitrogen and oxygen atoms in total. The lowest BCUT2D eigenvalue weighted by molar-refractivity contribution is -0.0810. The Kier molecular flexibility index (Phi) is 4.98. The lowest BCUT2D eigenvalue weighted by Crippen LogP contribution is -2.46. The highest BCUT2D eigenvalue weighted by Gasteiger charge is 2.33. The first-order valence-corrected chi connectivity index (χ1v) is 8.40. The number of morpholine rings is 1. The number of hydrogen-bond donors (Lipinski definition) is 1. The Bertz CT molecular complexity index is 728. The van der Waals surface area contributed by atoms with Gasteiger partial charge in [-0.25, -0.2) is 4.98 Å². The number of carbonyl (C=O) groups is 1. The quantitative estimate of drug-likeness (QED) is 0.908. The second kappa shape index (κ2) is 7.18. The molecule has 3 rings (SSSR count). The first-order chi connectivity index (χ1) is 11.9. The molecule has 0 saturated carbocycles. The average Bonchev–Trinajstić information content (AvgIpc) is 3.00. The zero-order chi connectivity index (χ0) is 18.0. The van der Waals surface area contributed by atoms with Crippen LogP contribution in [0.1, 0.15) is 48.9 Å². The van der Waals surface area contributed by atoms with E-state index in [9.17, 15) is 4.79 Å². The van der Waals surface area contributed by atoms with Crippen molar-refractivity contribution in [3.8, 4) is 0 Å². The number of nitrogens with one attached hydrogen (secondary N) is 1. The lowest BCUT2D eigenvalue weighted by Gasteiger charge is -2.35. The molecule has 25 heavy (non-hydrogen) atoms. The summed E-state index contributed by atoms with van der Waals surface area (Å²) in [6.07, 6.45) is 1.06. The fourth-order valence-electron chi connectivity index (χ4n) is 2.78. The summed E-state index contributed by atoms with van der Waals surface area (Å²) in [5.41, 5.74) is 0.545. The predicted molar refractivity (Wildman–Crippen MR) is 91.2 cm³/mol. The van der Waals surface area contributed by atoms with Crippen molar-refractivity contribution in [2.45, 2.75) is 45.9 Å². The van der Waals surface area contributed by atoms with Gasteiger partial charge in [0.05, 0.1) is 18.2 Å². The van der Waals surface area contributed by atoms with Crippen molar-refractivity contribution in [3.63, 3.8) is 0 Å². The molecule has 1 amide bonds. The molecule has 134 valence electrons. The summed E-state index contributed by atoms with van der Waals surface area (Å²) in [6.45, 7) is 8.62. The van der Waals surface area contributed by atoms with Gasteiger partial charge in [0.25, 0.3) is 11.8 Å². The van der Waals surface area contributed by atoms with E-state index in [1.165, 1.54) is 0 Å². The van der Waals surface area contributed by atoms with Gasteiger partial charge in [0, 0.05) is 18.8 Å². The molecule has 8 heteroatoms. The molecule has 1 aliphatic heterocycles. The second-order valence-corrected chi connectivity index (χ2v) is 6.56. The number of nitrogens with zero attached hydrogens (tertiary/aromatic N) is 4. The molecule has 2 aromatic rings. The molecule has 1 N–H and O–H groups in total. The number of rotatable bonds is 4. The van der Waals surface area contributed by atoms with Crippen LogP contribution in [0.3, 0.4) is 0 Å². The maximum Gasteiger partial charge on any atom is 0.257 e. The lowest BCUT2D eigenvalue weighted by atomic mass is 10.1. The number of carbonyl (C=O) groups excluding carboxylic acids is 1. The van der Waals surface area contributed by atoms with Crippen LogP contribution in [-0.4, -0.2) is 51.2 Å². The Morgan fingerprint density at radius 3 is 2.76 bits per heavy atom. The SMILES string of the molecule is Cc1noc([C@H]2CN(C(=O)c3ccc(NC(C)C)nc3)C[C@@H](C)O2)n1. The van der Waals surface area contributed by atoms with E-state index in [2.05, 4.69) is 20.4 Å². The van der Waals surface area contributed by atoms with Crippen molar-refractivity contribution in [1.29, 1.82) is 0 Å². The summed E-state index contributed by atoms with van der Waals surface area (Å²) in [5, 5.41) is 7.00. The molecule has 1 fully saturated rings. The fraction of sp³-hybridized carbons (Fsp3) is 0.529. The van der Waals surface area contributed by atoms with Gasteiger partial charge in [0.15, 0.2) is 11.9 Å². The summed E-state index contributed by atoms with van der Waals surface area (Å²) in [6, 6.07) is 3.88. The highest BCUT2D eigenvalue weighted by Crippen LogP contribution is 2.25. The number of pyridine rings is 1. The highest BCUT2D eigenvalue weighted by atomic mass is 16.5. The van der Waals surface area contributed by atoms with Crippen LogP contribution in [-0.2, 0) is 4.74 Å². The third-order valence-electron chi connectivity index (χ3n) is 3.81. The van der Waals surface area contributed by atoms with E-state index in [1.807, 2.05) is 26.8 Å². The zero-order valence-electron chi connectivity index (χ0n) is 14.9. The van der Waals surface area contributed by atoms with Gasteiger partial charge in [-0.05, 0) is 39.8 Å². The topological polar surface area (TPSA) is 93.4 Å². The van der Waals surface area contributed by atoms with Crippen LogP contribution in [0.15, 0.2) is 22.9 Å². The summed E-state index contributed by atoms with van der Waals surface area (Å²) in [7, 11) is 0. The van der Waals surface area contributed by atoms with E-state index in [4.69, 9.17) is 9.26 Å². The summed E-state index contributed by atoms with van der Waals surface area (Å²) < 4.78 is 11.0. The Labute approximate surface area is 146 Å². The molecule has 2 atom stereocenters. The van der Waals surface area contributed by atoms with Crippen LogP contribution in [0.4, 0.5) is 5.82 Å². The molecule has 0 aromatic carbocycles. The van der Waals surface area contributed by atoms with Gasteiger partial charge < -0.3 is 19.5 Å². The Morgan fingerprint density at radius 2 is 2.16 bits per heavy atom. The van der Waals surface area contributed by atoms with E-state index in [0.717, 1.165) is 5.82 Å².